The number of anilines is 2. The minimum atomic E-state index is -1.63. The summed E-state index contributed by atoms with van der Waals surface area (Å²) in [7, 11) is 2.34. The van der Waals surface area contributed by atoms with E-state index in [1.165, 1.54) is 51.8 Å². The van der Waals surface area contributed by atoms with Gasteiger partial charge in [0.1, 0.15) is 29.8 Å². The number of amides is 5. The molecule has 18 heteroatoms. The number of benzene rings is 3. The molecule has 0 spiro atoms. The fourth-order valence-corrected chi connectivity index (χ4v) is 7.96. The SMILES string of the molecule is COC(=O)N[C@H](C(=O)N1CCC[C@H]1C(=O)Nc1ccc(CN(Cc2ccc3[nH]c([C@@H]4CCCN4C(=O)[C@@H](NC(=O)OC)C(C)(C)O)nc3c2)c2ccc(F)cc2)cc1)C(C)(C)O. The Bertz CT molecular complexity index is 2250. The predicted molar refractivity (Wildman–Crippen MR) is 227 cm³/mol. The molecule has 2 aliphatic rings. The number of alkyl carbamates (subject to hydrolysis) is 2. The van der Waals surface area contributed by atoms with Crippen molar-refractivity contribution >= 4 is 52.3 Å². The van der Waals surface area contributed by atoms with Gasteiger partial charge in [0.05, 0.1) is 42.5 Å². The second kappa shape index (κ2) is 18.8. The number of nitrogens with one attached hydrogen (secondary N) is 4. The normalized spacial score (nSPS) is 17.6. The van der Waals surface area contributed by atoms with E-state index in [9.17, 15) is 38.6 Å². The summed E-state index contributed by atoms with van der Waals surface area (Å²) in [5.41, 5.74) is 1.35. The molecule has 17 nitrogen and oxygen atoms in total. The largest absolute Gasteiger partial charge is 0.453 e. The van der Waals surface area contributed by atoms with Crippen LogP contribution >= 0.6 is 0 Å². The number of hydrogen-bond acceptors (Lipinski definition) is 11. The summed E-state index contributed by atoms with van der Waals surface area (Å²) in [6, 6.07) is 15.5. The maximum atomic E-state index is 14.1. The lowest BCUT2D eigenvalue weighted by atomic mass is 9.97. The Hall–Kier alpha value is -6.27. The molecule has 1 aromatic heterocycles. The lowest BCUT2D eigenvalue weighted by molar-refractivity contribution is -0.143. The van der Waals surface area contributed by atoms with Crippen LogP contribution in [0, 0.1) is 5.82 Å². The molecule has 2 saturated heterocycles. The zero-order valence-electron chi connectivity index (χ0n) is 35.7. The van der Waals surface area contributed by atoms with Crippen molar-refractivity contribution in [2.75, 3.05) is 37.5 Å². The summed E-state index contributed by atoms with van der Waals surface area (Å²) in [5.74, 6) is -1.23. The van der Waals surface area contributed by atoms with E-state index in [2.05, 4.69) is 30.6 Å². The molecule has 4 aromatic rings. The van der Waals surface area contributed by atoms with E-state index in [1.54, 1.807) is 29.2 Å². The van der Waals surface area contributed by atoms with Gasteiger partial charge in [0.2, 0.25) is 17.7 Å². The average molecular weight is 859 g/mol. The first-order valence-corrected chi connectivity index (χ1v) is 20.5. The number of H-pyrrole nitrogens is 1. The van der Waals surface area contributed by atoms with Crippen LogP contribution in [-0.4, -0.2) is 117 Å². The van der Waals surface area contributed by atoms with Crippen LogP contribution in [0.4, 0.5) is 25.4 Å². The van der Waals surface area contributed by atoms with Gasteiger partial charge in [0, 0.05) is 37.6 Å². The van der Waals surface area contributed by atoms with Crippen molar-refractivity contribution in [3.63, 3.8) is 0 Å². The molecular formula is C44H55FN8O9. The molecule has 0 aliphatic carbocycles. The third kappa shape index (κ3) is 10.6. The quantitative estimate of drug-likeness (QED) is 0.104. The van der Waals surface area contributed by atoms with Gasteiger partial charge < -0.3 is 55.3 Å². The van der Waals surface area contributed by atoms with Gasteiger partial charge in [-0.25, -0.2) is 19.0 Å². The van der Waals surface area contributed by atoms with Crippen LogP contribution in [0.5, 0.6) is 0 Å². The van der Waals surface area contributed by atoms with Crippen LogP contribution in [-0.2, 0) is 36.9 Å². The highest BCUT2D eigenvalue weighted by atomic mass is 19.1. The number of aromatic nitrogens is 2. The molecule has 0 saturated carbocycles. The standard InChI is InChI=1S/C44H55FN8O9/c1-43(2,59)35(49-41(57)61-5)39(55)52-21-7-9-33(52)37-47-31-20-13-27(23-32(31)48-37)25-51(30-18-14-28(45)15-19-30)24-26-11-16-29(17-12-26)46-38(54)34-10-8-22-53(34)40(56)36(44(3,4)60)50-42(58)62-6/h11-20,23,33-36,59-60H,7-10,21-22,24-25H2,1-6H3,(H,46,54)(H,47,48)(H,49,57)(H,50,58)/t33-,34-,35+,36+/m0/s1. The van der Waals surface area contributed by atoms with Crippen LogP contribution in [0.15, 0.2) is 66.7 Å². The summed E-state index contributed by atoms with van der Waals surface area (Å²) in [4.78, 5) is 78.1. The lowest BCUT2D eigenvalue weighted by Gasteiger charge is -2.34. The molecule has 5 amide bonds. The zero-order chi connectivity index (χ0) is 44.9. The van der Waals surface area contributed by atoms with Crippen molar-refractivity contribution in [2.24, 2.45) is 0 Å². The van der Waals surface area contributed by atoms with Gasteiger partial charge in [-0.1, -0.05) is 18.2 Å². The Balaban J connectivity index is 1.16. The number of carbonyl (C=O) groups is 5. The fraction of sp³-hybridized carbons (Fsp3) is 0.455. The van der Waals surface area contributed by atoms with Crippen LogP contribution in [0.3, 0.4) is 0 Å². The Kier molecular flexibility index (Phi) is 13.7. The Morgan fingerprint density at radius 1 is 0.806 bits per heavy atom. The monoisotopic (exact) mass is 858 g/mol. The molecule has 6 rings (SSSR count). The molecule has 3 aromatic carbocycles. The summed E-state index contributed by atoms with van der Waals surface area (Å²) >= 11 is 0. The molecule has 332 valence electrons. The number of aliphatic hydroxyl groups is 2. The Morgan fingerprint density at radius 2 is 1.35 bits per heavy atom. The number of carbonyl (C=O) groups excluding carboxylic acids is 5. The van der Waals surface area contributed by atoms with Gasteiger partial charge in [0.25, 0.3) is 0 Å². The van der Waals surface area contributed by atoms with Gasteiger partial charge in [0.15, 0.2) is 0 Å². The van der Waals surface area contributed by atoms with Gasteiger partial charge in [-0.15, -0.1) is 0 Å². The summed E-state index contributed by atoms with van der Waals surface area (Å²) in [6.07, 6.45) is 0.604. The Labute approximate surface area is 358 Å². The molecule has 0 bridgehead atoms. The maximum absolute atomic E-state index is 14.1. The first-order chi connectivity index (χ1) is 29.4. The third-order valence-electron chi connectivity index (χ3n) is 11.2. The number of likely N-dealkylation sites (tertiary alicyclic amines) is 2. The molecule has 62 heavy (non-hydrogen) atoms. The van der Waals surface area contributed by atoms with E-state index >= 15 is 0 Å². The molecule has 4 atom stereocenters. The summed E-state index contributed by atoms with van der Waals surface area (Å²) in [6.45, 7) is 7.23. The van der Waals surface area contributed by atoms with E-state index in [1.807, 2.05) is 30.3 Å². The molecule has 0 radical (unpaired) electrons. The highest BCUT2D eigenvalue weighted by Gasteiger charge is 2.44. The summed E-state index contributed by atoms with van der Waals surface area (Å²) in [5, 5.41) is 29.2. The Morgan fingerprint density at radius 3 is 1.95 bits per heavy atom. The summed E-state index contributed by atoms with van der Waals surface area (Å²) < 4.78 is 23.4. The minimum Gasteiger partial charge on any atom is -0.453 e. The number of imidazole rings is 1. The smallest absolute Gasteiger partial charge is 0.407 e. The van der Waals surface area contributed by atoms with Gasteiger partial charge >= 0.3 is 12.2 Å². The van der Waals surface area contributed by atoms with E-state index in [0.717, 1.165) is 29.4 Å². The van der Waals surface area contributed by atoms with E-state index < -0.39 is 65.3 Å². The van der Waals surface area contributed by atoms with E-state index in [4.69, 9.17) is 9.72 Å². The van der Waals surface area contributed by atoms with Crippen molar-refractivity contribution in [1.82, 2.24) is 30.4 Å². The highest BCUT2D eigenvalue weighted by molar-refractivity contribution is 5.99. The van der Waals surface area contributed by atoms with Crippen LogP contribution in [0.25, 0.3) is 11.0 Å². The third-order valence-corrected chi connectivity index (χ3v) is 11.2. The number of fused-ring (bicyclic) bond motifs is 1. The maximum Gasteiger partial charge on any atom is 0.407 e. The van der Waals surface area contributed by atoms with Crippen LogP contribution in [0.1, 0.15) is 76.4 Å². The number of nitrogens with zero attached hydrogens (tertiary/aromatic N) is 4. The van der Waals surface area contributed by atoms with Gasteiger partial charge in [-0.3, -0.25) is 14.4 Å². The molecule has 0 unspecified atom stereocenters. The predicted octanol–water partition coefficient (Wildman–Crippen LogP) is 4.49. The van der Waals surface area contributed by atoms with Crippen molar-refractivity contribution in [3.05, 3.63) is 89.5 Å². The van der Waals surface area contributed by atoms with Crippen LogP contribution in [0.2, 0.25) is 0 Å². The first kappa shape index (κ1) is 45.3. The van der Waals surface area contributed by atoms with Crippen molar-refractivity contribution in [2.45, 2.75) is 102 Å². The van der Waals surface area contributed by atoms with E-state index in [-0.39, 0.29) is 12.4 Å². The number of ether oxygens (including phenoxy) is 2. The first-order valence-electron chi connectivity index (χ1n) is 20.5. The van der Waals surface area contributed by atoms with Crippen LogP contribution < -0.4 is 20.9 Å². The highest BCUT2D eigenvalue weighted by Crippen LogP contribution is 2.34. The van der Waals surface area contributed by atoms with E-state index in [0.29, 0.717) is 62.3 Å². The fourth-order valence-electron chi connectivity index (χ4n) is 7.96. The second-order valence-corrected chi connectivity index (χ2v) is 16.8. The molecule has 2 fully saturated rings. The van der Waals surface area contributed by atoms with Gasteiger partial charge in [-0.05, 0) is 113 Å². The average Bonchev–Trinajstić information content (AvgIpc) is 4.01. The van der Waals surface area contributed by atoms with Crippen molar-refractivity contribution in [3.8, 4) is 0 Å². The van der Waals surface area contributed by atoms with Gasteiger partial charge in [-0.2, -0.15) is 0 Å². The number of halogens is 1. The number of hydrogen-bond donors (Lipinski definition) is 6. The molecule has 2 aliphatic heterocycles. The molecule has 3 heterocycles. The second-order valence-electron chi connectivity index (χ2n) is 16.8. The molecular weight excluding hydrogens is 804 g/mol. The molecule has 6 N–H and O–H groups in total. The number of rotatable bonds is 14. The number of aromatic amines is 1. The minimum absolute atomic E-state index is 0.279. The number of methoxy groups -OCH3 is 2. The van der Waals surface area contributed by atoms with Crippen molar-refractivity contribution < 1.29 is 48.0 Å². The van der Waals surface area contributed by atoms with Crippen molar-refractivity contribution in [1.29, 1.82) is 0 Å². The zero-order valence-corrected chi connectivity index (χ0v) is 35.7. The lowest BCUT2D eigenvalue weighted by Crippen LogP contribution is -2.60. The topological polar surface area (TPSA) is 219 Å².